The van der Waals surface area contributed by atoms with Gasteiger partial charge in [-0.2, -0.15) is 0 Å². The number of hydrogen-bond acceptors (Lipinski definition) is 3. The first-order chi connectivity index (χ1) is 19.1. The zero-order valence-electron chi connectivity index (χ0n) is 21.4. The van der Waals surface area contributed by atoms with Gasteiger partial charge in [0.25, 0.3) is 0 Å². The number of rotatable bonds is 3. The van der Waals surface area contributed by atoms with E-state index in [1.807, 2.05) is 36.4 Å². The van der Waals surface area contributed by atoms with Crippen molar-refractivity contribution in [2.75, 3.05) is 0 Å². The molecule has 0 saturated heterocycles. The normalized spacial score (nSPS) is 12.3. The van der Waals surface area contributed by atoms with Crippen molar-refractivity contribution in [3.8, 4) is 22.3 Å². The van der Waals surface area contributed by atoms with Gasteiger partial charge in [0.15, 0.2) is 0 Å². The van der Waals surface area contributed by atoms with E-state index in [-0.39, 0.29) is 6.61 Å². The number of aliphatic hydroxyl groups excluding tert-OH is 1. The molecule has 0 aliphatic carbocycles. The summed E-state index contributed by atoms with van der Waals surface area (Å²) in [6.45, 7) is 2.11. The number of H-pyrrole nitrogens is 2. The van der Waals surface area contributed by atoms with Crippen molar-refractivity contribution in [3.05, 3.63) is 119 Å². The van der Waals surface area contributed by atoms with Gasteiger partial charge in [0.2, 0.25) is 0 Å². The Bertz CT molecular complexity index is 1840. The van der Waals surface area contributed by atoms with E-state index in [0.717, 1.165) is 72.7 Å². The Labute approximate surface area is 225 Å². The molecule has 8 bridgehead atoms. The van der Waals surface area contributed by atoms with Crippen molar-refractivity contribution in [1.29, 1.82) is 0 Å². The Hall–Kier alpha value is -5.00. The molecule has 2 aliphatic heterocycles. The van der Waals surface area contributed by atoms with Crippen molar-refractivity contribution in [2.24, 2.45) is 0 Å². The van der Waals surface area contributed by atoms with Crippen LogP contribution in [-0.2, 0) is 6.61 Å². The molecule has 5 nitrogen and oxygen atoms in total. The number of aryl methyl sites for hydroxylation is 1. The highest BCUT2D eigenvalue weighted by molar-refractivity contribution is 5.94. The molecule has 5 heteroatoms. The summed E-state index contributed by atoms with van der Waals surface area (Å²) in [5.41, 5.74) is 13.8. The van der Waals surface area contributed by atoms with Crippen molar-refractivity contribution in [3.63, 3.8) is 0 Å². The van der Waals surface area contributed by atoms with Gasteiger partial charge >= 0.3 is 0 Å². The van der Waals surface area contributed by atoms with Crippen LogP contribution >= 0.6 is 0 Å². The van der Waals surface area contributed by atoms with Crippen LogP contribution in [0.1, 0.15) is 33.9 Å². The zero-order chi connectivity index (χ0) is 26.3. The molecule has 2 aromatic carbocycles. The number of benzene rings is 2. The second kappa shape index (κ2) is 9.39. The fourth-order valence-corrected chi connectivity index (χ4v) is 5.18. The second-order valence-electron chi connectivity index (χ2n) is 9.92. The summed E-state index contributed by atoms with van der Waals surface area (Å²) < 4.78 is 0. The van der Waals surface area contributed by atoms with Gasteiger partial charge in [-0.3, -0.25) is 0 Å². The molecule has 0 saturated carbocycles. The van der Waals surface area contributed by atoms with Gasteiger partial charge in [-0.25, -0.2) is 9.97 Å². The van der Waals surface area contributed by atoms with Crippen molar-refractivity contribution in [1.82, 2.24) is 19.9 Å². The fourth-order valence-electron chi connectivity index (χ4n) is 5.18. The molecule has 0 unspecified atom stereocenters. The number of nitrogens with one attached hydrogen (secondary N) is 2. The molecule has 188 valence electrons. The topological polar surface area (TPSA) is 77.6 Å². The SMILES string of the molecule is Cc1ccc(-c2c3nc(cc4ccc([nH]4)c(-c4ccc(CO)cc4)c4ccc(cc5nc2C=C5)[nH]4)C=C3)cc1. The smallest absolute Gasteiger partial charge is 0.0737 e. The third kappa shape index (κ3) is 4.39. The molecule has 0 radical (unpaired) electrons. The largest absolute Gasteiger partial charge is 0.392 e. The summed E-state index contributed by atoms with van der Waals surface area (Å²) in [5, 5.41) is 9.53. The Morgan fingerprint density at radius 3 is 1.64 bits per heavy atom. The summed E-state index contributed by atoms with van der Waals surface area (Å²) in [6.07, 6.45) is 8.23. The Morgan fingerprint density at radius 2 is 1.10 bits per heavy atom. The molecule has 39 heavy (non-hydrogen) atoms. The highest BCUT2D eigenvalue weighted by Crippen LogP contribution is 2.32. The minimum absolute atomic E-state index is 0.0190. The van der Waals surface area contributed by atoms with Gasteiger partial charge in [0, 0.05) is 33.2 Å². The highest BCUT2D eigenvalue weighted by atomic mass is 16.3. The number of fused-ring (bicyclic) bond motifs is 8. The first kappa shape index (κ1) is 23.1. The van der Waals surface area contributed by atoms with E-state index in [1.165, 1.54) is 5.56 Å². The maximum Gasteiger partial charge on any atom is 0.0737 e. The maximum atomic E-state index is 9.53. The number of aliphatic hydroxyl groups is 1. The number of aromatic nitrogens is 4. The molecule has 3 N–H and O–H groups in total. The van der Waals surface area contributed by atoms with Gasteiger partial charge in [-0.15, -0.1) is 0 Å². The molecule has 0 amide bonds. The standard InChI is InChI=1S/C34H26N4O/c1-21-2-6-23(7-3-21)33-29-14-10-25(35-29)18-27-12-16-31(37-27)34(24-8-4-22(20-39)5-9-24)32-17-13-28(38-32)19-26-11-15-30(33)36-26/h2-19,37-39H,20H2,1H3. The van der Waals surface area contributed by atoms with E-state index in [0.29, 0.717) is 0 Å². The zero-order valence-corrected chi connectivity index (χ0v) is 21.4. The van der Waals surface area contributed by atoms with Crippen LogP contribution in [0.5, 0.6) is 0 Å². The van der Waals surface area contributed by atoms with Crippen LogP contribution in [0.3, 0.4) is 0 Å². The molecule has 7 rings (SSSR count). The van der Waals surface area contributed by atoms with Gasteiger partial charge < -0.3 is 15.1 Å². The minimum atomic E-state index is 0.0190. The van der Waals surface area contributed by atoms with E-state index in [4.69, 9.17) is 9.97 Å². The molecule has 3 aromatic heterocycles. The predicted molar refractivity (Wildman–Crippen MR) is 160 cm³/mol. The molecular weight excluding hydrogens is 480 g/mol. The van der Waals surface area contributed by atoms with Gasteiger partial charge in [-0.05, 0) is 84.3 Å². The highest BCUT2D eigenvalue weighted by Gasteiger charge is 2.14. The summed E-state index contributed by atoms with van der Waals surface area (Å²) in [5.74, 6) is 0. The summed E-state index contributed by atoms with van der Waals surface area (Å²) >= 11 is 0. The van der Waals surface area contributed by atoms with Gasteiger partial charge in [0.05, 0.1) is 29.4 Å². The van der Waals surface area contributed by atoms with Crippen LogP contribution in [-0.4, -0.2) is 25.0 Å². The average Bonchev–Trinajstić information content (AvgIpc) is 3.77. The number of nitrogens with zero attached hydrogens (tertiary/aromatic N) is 2. The fraction of sp³-hybridized carbons (Fsp3) is 0.0588. The van der Waals surface area contributed by atoms with Crippen LogP contribution < -0.4 is 0 Å². The molecule has 0 fully saturated rings. The first-order valence-corrected chi connectivity index (χ1v) is 13.0. The van der Waals surface area contributed by atoms with E-state index in [9.17, 15) is 5.11 Å². The second-order valence-corrected chi connectivity index (χ2v) is 9.92. The lowest BCUT2D eigenvalue weighted by Crippen LogP contribution is -1.89. The Balaban J connectivity index is 1.54. The molecule has 5 heterocycles. The van der Waals surface area contributed by atoms with Crippen LogP contribution in [0, 0.1) is 6.92 Å². The van der Waals surface area contributed by atoms with Crippen molar-refractivity contribution < 1.29 is 5.11 Å². The molecule has 0 atom stereocenters. The first-order valence-electron chi connectivity index (χ1n) is 13.0. The van der Waals surface area contributed by atoms with Crippen LogP contribution in [0.25, 0.3) is 68.6 Å². The Morgan fingerprint density at radius 1 is 0.590 bits per heavy atom. The summed E-state index contributed by atoms with van der Waals surface area (Å²) in [7, 11) is 0. The monoisotopic (exact) mass is 506 g/mol. The minimum Gasteiger partial charge on any atom is -0.392 e. The van der Waals surface area contributed by atoms with E-state index in [2.05, 4.69) is 89.7 Å². The summed E-state index contributed by atoms with van der Waals surface area (Å²) in [4.78, 5) is 17.2. The Kier molecular flexibility index (Phi) is 5.57. The van der Waals surface area contributed by atoms with Crippen LogP contribution in [0.15, 0.2) is 84.9 Å². The summed E-state index contributed by atoms with van der Waals surface area (Å²) in [6, 6.07) is 29.0. The maximum absolute atomic E-state index is 9.53. The number of hydrogen-bond donors (Lipinski definition) is 3. The molecule has 5 aromatic rings. The molecule has 0 spiro atoms. The van der Waals surface area contributed by atoms with Crippen LogP contribution in [0.4, 0.5) is 0 Å². The lowest BCUT2D eigenvalue weighted by Gasteiger charge is -2.05. The van der Waals surface area contributed by atoms with Crippen LogP contribution in [0.2, 0.25) is 0 Å². The van der Waals surface area contributed by atoms with Crippen molar-refractivity contribution in [2.45, 2.75) is 13.5 Å². The van der Waals surface area contributed by atoms with Gasteiger partial charge in [0.1, 0.15) is 0 Å². The van der Waals surface area contributed by atoms with E-state index in [1.54, 1.807) is 0 Å². The lowest BCUT2D eigenvalue weighted by atomic mass is 10.0. The third-order valence-corrected chi connectivity index (χ3v) is 7.16. The number of aromatic amines is 2. The van der Waals surface area contributed by atoms with Crippen molar-refractivity contribution >= 4 is 46.4 Å². The van der Waals surface area contributed by atoms with E-state index >= 15 is 0 Å². The average molecular weight is 507 g/mol. The third-order valence-electron chi connectivity index (χ3n) is 7.16. The predicted octanol–water partition coefficient (Wildman–Crippen LogP) is 7.79. The lowest BCUT2D eigenvalue weighted by molar-refractivity contribution is 0.282. The molecular formula is C34H26N4O. The molecule has 2 aliphatic rings. The quantitative estimate of drug-likeness (QED) is 0.229. The van der Waals surface area contributed by atoms with E-state index < -0.39 is 0 Å². The van der Waals surface area contributed by atoms with Gasteiger partial charge in [-0.1, -0.05) is 54.1 Å².